The summed E-state index contributed by atoms with van der Waals surface area (Å²) in [5.74, 6) is -0.936. The van der Waals surface area contributed by atoms with E-state index < -0.39 is 5.97 Å². The number of pyridine rings is 1. The minimum absolute atomic E-state index is 0.258. The van der Waals surface area contributed by atoms with Crippen LogP contribution in [-0.4, -0.2) is 15.6 Å². The number of carboxylic acids is 1. The molecule has 0 aliphatic carbocycles. The average Bonchev–Trinajstić information content (AvgIpc) is 2.65. The molecule has 1 heterocycles. The third-order valence-electron chi connectivity index (χ3n) is 4.40. The molecule has 0 amide bonds. The van der Waals surface area contributed by atoms with Crippen molar-refractivity contribution in [1.82, 2.24) is 4.57 Å². The molecule has 4 nitrogen and oxygen atoms in total. The Kier molecular flexibility index (Phi) is 3.58. The van der Waals surface area contributed by atoms with Crippen LogP contribution in [0.4, 0.5) is 5.69 Å². The van der Waals surface area contributed by atoms with Crippen LogP contribution in [0.5, 0.6) is 0 Å². The lowest BCUT2D eigenvalue weighted by Crippen LogP contribution is -2.10. The van der Waals surface area contributed by atoms with Gasteiger partial charge >= 0.3 is 5.97 Å². The molecular weight excluding hydrogens is 312 g/mol. The van der Waals surface area contributed by atoms with Crippen LogP contribution >= 0.6 is 0 Å². The summed E-state index contributed by atoms with van der Waals surface area (Å²) < 4.78 is 2.16. The van der Waals surface area contributed by atoms with Crippen molar-refractivity contribution in [3.8, 4) is 0 Å². The van der Waals surface area contributed by atoms with Gasteiger partial charge in [0.1, 0.15) is 0 Å². The van der Waals surface area contributed by atoms with Gasteiger partial charge in [-0.05, 0) is 36.4 Å². The molecule has 0 saturated carbocycles. The molecule has 4 rings (SSSR count). The van der Waals surface area contributed by atoms with E-state index >= 15 is 0 Å². The van der Waals surface area contributed by atoms with Crippen LogP contribution in [-0.2, 0) is 7.05 Å². The minimum Gasteiger partial charge on any atom is -0.478 e. The Morgan fingerprint density at radius 3 is 1.88 bits per heavy atom. The predicted molar refractivity (Wildman–Crippen MR) is 99.0 cm³/mol. The lowest BCUT2D eigenvalue weighted by atomic mass is 10.1. The first-order valence-electron chi connectivity index (χ1n) is 8.00. The summed E-state index contributed by atoms with van der Waals surface area (Å²) in [5, 5.41) is 12.1. The van der Waals surface area contributed by atoms with Crippen molar-refractivity contribution in [3.63, 3.8) is 0 Å². The van der Waals surface area contributed by atoms with Gasteiger partial charge in [0.15, 0.2) is 0 Å². The van der Waals surface area contributed by atoms with E-state index in [0.29, 0.717) is 0 Å². The van der Waals surface area contributed by atoms with Crippen LogP contribution in [0.2, 0.25) is 0 Å². The van der Waals surface area contributed by atoms with Gasteiger partial charge in [-0.3, -0.25) is 0 Å². The van der Waals surface area contributed by atoms with Gasteiger partial charge in [-0.1, -0.05) is 36.4 Å². The van der Waals surface area contributed by atoms with Crippen molar-refractivity contribution in [2.75, 3.05) is 0 Å². The highest BCUT2D eigenvalue weighted by atomic mass is 16.4. The number of aromatic carboxylic acids is 1. The highest BCUT2D eigenvalue weighted by Crippen LogP contribution is 2.20. The molecule has 0 aliphatic heterocycles. The fourth-order valence-electron chi connectivity index (χ4n) is 3.14. The normalized spacial score (nSPS) is 10.9. The Bertz CT molecular complexity index is 1110. The van der Waals surface area contributed by atoms with E-state index in [1.54, 1.807) is 24.3 Å². The molecule has 0 aliphatic rings. The number of aryl methyl sites for hydroxylation is 1. The highest BCUT2D eigenvalue weighted by molar-refractivity contribution is 5.93. The van der Waals surface area contributed by atoms with Crippen molar-refractivity contribution >= 4 is 33.5 Å². The topological polar surface area (TPSA) is 54.6 Å². The largest absolute Gasteiger partial charge is 0.478 e. The minimum atomic E-state index is -0.936. The van der Waals surface area contributed by atoms with E-state index in [-0.39, 0.29) is 5.56 Å². The zero-order valence-corrected chi connectivity index (χ0v) is 13.7. The van der Waals surface area contributed by atoms with Crippen LogP contribution < -0.4 is 5.36 Å². The first kappa shape index (κ1) is 15.1. The van der Waals surface area contributed by atoms with Gasteiger partial charge in [-0.2, -0.15) is 0 Å². The highest BCUT2D eigenvalue weighted by Gasteiger charge is 2.07. The zero-order valence-electron chi connectivity index (χ0n) is 13.7. The van der Waals surface area contributed by atoms with E-state index in [9.17, 15) is 4.79 Å². The molecule has 0 saturated heterocycles. The Morgan fingerprint density at radius 2 is 1.36 bits per heavy atom. The van der Waals surface area contributed by atoms with Crippen molar-refractivity contribution in [2.24, 2.45) is 12.0 Å². The van der Waals surface area contributed by atoms with E-state index in [1.807, 2.05) is 24.3 Å². The maximum absolute atomic E-state index is 11.0. The van der Waals surface area contributed by atoms with Crippen LogP contribution in [0.25, 0.3) is 21.8 Å². The maximum Gasteiger partial charge on any atom is 0.335 e. The van der Waals surface area contributed by atoms with Crippen molar-refractivity contribution in [3.05, 3.63) is 83.7 Å². The van der Waals surface area contributed by atoms with E-state index in [4.69, 9.17) is 10.1 Å². The third kappa shape index (κ3) is 2.58. The van der Waals surface area contributed by atoms with Crippen molar-refractivity contribution in [2.45, 2.75) is 0 Å². The van der Waals surface area contributed by atoms with Crippen molar-refractivity contribution in [1.29, 1.82) is 0 Å². The van der Waals surface area contributed by atoms with Crippen molar-refractivity contribution < 1.29 is 9.90 Å². The molecule has 0 unspecified atom stereocenters. The Balaban J connectivity index is 2.08. The number of carbonyl (C=O) groups is 1. The molecule has 122 valence electrons. The van der Waals surface area contributed by atoms with Crippen LogP contribution in [0.1, 0.15) is 10.4 Å². The molecule has 25 heavy (non-hydrogen) atoms. The summed E-state index contributed by atoms with van der Waals surface area (Å²) in [5.41, 5.74) is 3.19. The number of nitrogens with zero attached hydrogens (tertiary/aromatic N) is 2. The average molecular weight is 328 g/mol. The number of aromatic nitrogens is 1. The second-order valence-corrected chi connectivity index (χ2v) is 5.91. The van der Waals surface area contributed by atoms with Gasteiger partial charge in [0.25, 0.3) is 0 Å². The zero-order chi connectivity index (χ0) is 17.4. The summed E-state index contributed by atoms with van der Waals surface area (Å²) in [4.78, 5) is 15.9. The van der Waals surface area contributed by atoms with Gasteiger partial charge in [-0.25, -0.2) is 9.79 Å². The van der Waals surface area contributed by atoms with E-state index in [0.717, 1.165) is 32.9 Å². The van der Waals surface area contributed by atoms with Crippen LogP contribution in [0.15, 0.2) is 77.8 Å². The summed E-state index contributed by atoms with van der Waals surface area (Å²) in [6.07, 6.45) is 0. The van der Waals surface area contributed by atoms with Gasteiger partial charge in [0.2, 0.25) is 0 Å². The summed E-state index contributed by atoms with van der Waals surface area (Å²) in [7, 11) is 2.05. The predicted octanol–water partition coefficient (Wildman–Crippen LogP) is 4.26. The first-order valence-corrected chi connectivity index (χ1v) is 8.00. The lowest BCUT2D eigenvalue weighted by Gasteiger charge is -2.11. The molecule has 4 aromatic rings. The number of rotatable bonds is 2. The molecule has 1 N–H and O–H groups in total. The number of hydrogen-bond donors (Lipinski definition) is 1. The number of hydrogen-bond acceptors (Lipinski definition) is 2. The van der Waals surface area contributed by atoms with Gasteiger partial charge in [0, 0.05) is 17.8 Å². The molecule has 1 aromatic heterocycles. The molecule has 0 atom stereocenters. The van der Waals surface area contributed by atoms with E-state index in [1.165, 1.54) is 0 Å². The molecule has 0 spiro atoms. The second-order valence-electron chi connectivity index (χ2n) is 5.91. The molecular formula is C21H16N2O2. The molecule has 4 heteroatoms. The Morgan fingerprint density at radius 1 is 0.840 bits per heavy atom. The summed E-state index contributed by atoms with van der Waals surface area (Å²) in [6, 6.07) is 22.9. The Hall–Kier alpha value is -3.40. The monoisotopic (exact) mass is 328 g/mol. The van der Waals surface area contributed by atoms with Crippen LogP contribution in [0.3, 0.4) is 0 Å². The van der Waals surface area contributed by atoms with Crippen LogP contribution in [0, 0.1) is 0 Å². The molecule has 0 radical (unpaired) electrons. The SMILES string of the molecule is Cn1c2ccccc2c(=Nc2ccc(C(=O)O)cc2)c2ccccc21. The second kappa shape index (κ2) is 5.91. The summed E-state index contributed by atoms with van der Waals surface area (Å²) >= 11 is 0. The number of carboxylic acid groups (broad SMARTS) is 1. The van der Waals surface area contributed by atoms with Gasteiger partial charge in [0.05, 0.1) is 27.6 Å². The maximum atomic E-state index is 11.0. The Labute approximate surface area is 144 Å². The summed E-state index contributed by atoms with van der Waals surface area (Å²) in [6.45, 7) is 0. The molecule has 0 bridgehead atoms. The van der Waals surface area contributed by atoms with Gasteiger partial charge in [-0.15, -0.1) is 0 Å². The number of fused-ring (bicyclic) bond motifs is 2. The number of para-hydroxylation sites is 2. The molecule has 0 fully saturated rings. The smallest absolute Gasteiger partial charge is 0.335 e. The van der Waals surface area contributed by atoms with E-state index in [2.05, 4.69) is 35.9 Å². The number of benzene rings is 3. The fraction of sp³-hybridized carbons (Fsp3) is 0.0476. The third-order valence-corrected chi connectivity index (χ3v) is 4.40. The van der Waals surface area contributed by atoms with Gasteiger partial charge < -0.3 is 9.67 Å². The fourth-order valence-corrected chi connectivity index (χ4v) is 3.14. The lowest BCUT2D eigenvalue weighted by molar-refractivity contribution is 0.0697. The molecule has 3 aromatic carbocycles. The standard InChI is InChI=1S/C21H16N2O2/c1-23-18-8-4-2-6-16(18)20(17-7-3-5-9-19(17)23)22-15-12-10-14(11-13-15)21(24)25/h2-13H,1H3,(H,24,25). The first-order chi connectivity index (χ1) is 12.1. The quantitative estimate of drug-likeness (QED) is 0.559.